The molecule has 0 saturated carbocycles. The molecular weight excluding hydrogens is 413 g/mol. The maximum Gasteiger partial charge on any atom is 0.417 e. The number of aromatic nitrogens is 1. The van der Waals surface area contributed by atoms with Crippen molar-refractivity contribution in [1.82, 2.24) is 9.88 Å². The van der Waals surface area contributed by atoms with Gasteiger partial charge in [0.25, 0.3) is 0 Å². The number of nitrogens with zero attached hydrogens (tertiary/aromatic N) is 1. The lowest BCUT2D eigenvalue weighted by molar-refractivity contribution is -0.137. The zero-order chi connectivity index (χ0) is 21.3. The van der Waals surface area contributed by atoms with Crippen molar-refractivity contribution in [2.75, 3.05) is 13.1 Å². The Balaban J connectivity index is 1.77. The van der Waals surface area contributed by atoms with E-state index in [4.69, 9.17) is 11.6 Å². The van der Waals surface area contributed by atoms with Gasteiger partial charge in [-0.1, -0.05) is 35.9 Å². The summed E-state index contributed by atoms with van der Waals surface area (Å²) >= 11 is 5.83. The number of aromatic amines is 1. The van der Waals surface area contributed by atoms with Crippen molar-refractivity contribution in [2.45, 2.75) is 37.8 Å². The van der Waals surface area contributed by atoms with Crippen LogP contribution in [0.15, 0.2) is 48.7 Å². The summed E-state index contributed by atoms with van der Waals surface area (Å²) in [5.74, 6) is -0.539. The largest absolute Gasteiger partial charge is 0.417 e. The summed E-state index contributed by atoms with van der Waals surface area (Å²) in [6.07, 6.45) is 0.364. The molecule has 1 fully saturated rings. The highest BCUT2D eigenvalue weighted by Gasteiger charge is 2.34. The first-order valence-electron chi connectivity index (χ1n) is 10.0. The zero-order valence-electron chi connectivity index (χ0n) is 16.3. The Bertz CT molecular complexity index is 1050. The molecule has 0 aliphatic carbocycles. The first-order chi connectivity index (χ1) is 14.3. The molecular formula is C23H22ClF3N2O. The van der Waals surface area contributed by atoms with Crippen molar-refractivity contribution in [1.29, 1.82) is 0 Å². The predicted octanol–water partition coefficient (Wildman–Crippen LogP) is 6.37. The number of hydrogen-bond acceptors (Lipinski definition) is 1. The Morgan fingerprint density at radius 1 is 1.10 bits per heavy atom. The van der Waals surface area contributed by atoms with E-state index in [1.54, 1.807) is 12.3 Å². The summed E-state index contributed by atoms with van der Waals surface area (Å²) in [7, 11) is 0. The second kappa shape index (κ2) is 8.34. The number of alkyl halides is 3. The van der Waals surface area contributed by atoms with Crippen molar-refractivity contribution < 1.29 is 18.0 Å². The molecule has 0 bridgehead atoms. The topological polar surface area (TPSA) is 36.1 Å². The quantitative estimate of drug-likeness (QED) is 0.508. The fourth-order valence-corrected chi connectivity index (χ4v) is 4.44. The summed E-state index contributed by atoms with van der Waals surface area (Å²) in [5, 5.41) is 0.559. The average molecular weight is 435 g/mol. The number of piperidine rings is 1. The summed E-state index contributed by atoms with van der Waals surface area (Å²) < 4.78 is 40.4. The van der Waals surface area contributed by atoms with Crippen LogP contribution >= 0.6 is 11.6 Å². The number of nitrogens with one attached hydrogen (secondary N) is 1. The molecule has 1 N–H and O–H groups in total. The maximum atomic E-state index is 13.5. The first kappa shape index (κ1) is 20.8. The van der Waals surface area contributed by atoms with E-state index in [0.717, 1.165) is 41.8 Å². The number of amides is 1. The maximum absolute atomic E-state index is 13.5. The van der Waals surface area contributed by atoms with Gasteiger partial charge < -0.3 is 9.88 Å². The van der Waals surface area contributed by atoms with Crippen LogP contribution in [0.4, 0.5) is 13.2 Å². The number of fused-ring (bicyclic) bond motifs is 1. The molecule has 7 heteroatoms. The van der Waals surface area contributed by atoms with Gasteiger partial charge in [-0.05, 0) is 48.6 Å². The van der Waals surface area contributed by atoms with E-state index in [9.17, 15) is 18.0 Å². The summed E-state index contributed by atoms with van der Waals surface area (Å²) in [6.45, 7) is 1.40. The molecule has 1 saturated heterocycles. The Morgan fingerprint density at radius 2 is 1.83 bits per heavy atom. The molecule has 2 heterocycles. The van der Waals surface area contributed by atoms with E-state index in [-0.39, 0.29) is 17.4 Å². The fourth-order valence-electron chi connectivity index (χ4n) is 4.21. The second-order valence-corrected chi connectivity index (χ2v) is 8.13. The standard InChI is InChI=1S/C23H22ClF3N2O/c24-20-9-8-15(12-19(20)23(25,26)27)17(13-22(30)29-10-4-1-5-11-29)18-14-28-21-7-3-2-6-16(18)21/h2-3,6-9,12,14,17,28H,1,4-5,10-11,13H2. The van der Waals surface area contributed by atoms with Crippen LogP contribution in [0.3, 0.4) is 0 Å². The third-order valence-corrected chi connectivity index (χ3v) is 6.11. The van der Waals surface area contributed by atoms with E-state index in [1.807, 2.05) is 29.2 Å². The van der Waals surface area contributed by atoms with E-state index in [2.05, 4.69) is 4.98 Å². The molecule has 2 aromatic carbocycles. The number of benzene rings is 2. The summed E-state index contributed by atoms with van der Waals surface area (Å²) in [4.78, 5) is 18.0. The molecule has 1 unspecified atom stereocenters. The van der Waals surface area contributed by atoms with E-state index < -0.39 is 17.7 Å². The van der Waals surface area contributed by atoms with Gasteiger partial charge in [0, 0.05) is 42.5 Å². The number of likely N-dealkylation sites (tertiary alicyclic amines) is 1. The SMILES string of the molecule is O=C(CC(c1ccc(Cl)c(C(F)(F)F)c1)c1c[nH]c2ccccc12)N1CCCCC1. The lowest BCUT2D eigenvalue weighted by atomic mass is 9.86. The lowest BCUT2D eigenvalue weighted by Gasteiger charge is -2.29. The smallest absolute Gasteiger partial charge is 0.361 e. The number of H-pyrrole nitrogens is 1. The van der Waals surface area contributed by atoms with Crippen molar-refractivity contribution in [3.63, 3.8) is 0 Å². The van der Waals surface area contributed by atoms with E-state index >= 15 is 0 Å². The minimum atomic E-state index is -4.56. The monoisotopic (exact) mass is 434 g/mol. The molecule has 4 rings (SSSR count). The molecule has 158 valence electrons. The van der Waals surface area contributed by atoms with Crippen molar-refractivity contribution in [2.24, 2.45) is 0 Å². The number of halogens is 4. The highest BCUT2D eigenvalue weighted by Crippen LogP contribution is 2.40. The molecule has 3 nitrogen and oxygen atoms in total. The summed E-state index contributed by atoms with van der Waals surface area (Å²) in [5.41, 5.74) is 1.25. The van der Waals surface area contributed by atoms with Crippen molar-refractivity contribution in [3.05, 3.63) is 70.4 Å². The van der Waals surface area contributed by atoms with Gasteiger partial charge in [-0.2, -0.15) is 13.2 Å². The minimum absolute atomic E-state index is 0.0338. The van der Waals surface area contributed by atoms with Crippen molar-refractivity contribution in [3.8, 4) is 0 Å². The number of para-hydroxylation sites is 1. The Hall–Kier alpha value is -2.47. The zero-order valence-corrected chi connectivity index (χ0v) is 17.1. The van der Waals surface area contributed by atoms with Crippen molar-refractivity contribution >= 4 is 28.4 Å². The molecule has 1 atom stereocenters. The molecule has 0 spiro atoms. The van der Waals surface area contributed by atoms with Gasteiger partial charge in [-0.25, -0.2) is 0 Å². The number of rotatable bonds is 4. The molecule has 1 aromatic heterocycles. The first-order valence-corrected chi connectivity index (χ1v) is 10.4. The van der Waals surface area contributed by atoms with E-state index in [0.29, 0.717) is 18.7 Å². The number of hydrogen-bond donors (Lipinski definition) is 1. The van der Waals surface area contributed by atoms with Gasteiger partial charge in [0.1, 0.15) is 0 Å². The van der Waals surface area contributed by atoms with Gasteiger partial charge in [-0.15, -0.1) is 0 Å². The van der Waals surface area contributed by atoms with Crippen LogP contribution in [0.5, 0.6) is 0 Å². The number of carbonyl (C=O) groups excluding carboxylic acids is 1. The molecule has 1 aliphatic heterocycles. The predicted molar refractivity (Wildman–Crippen MR) is 112 cm³/mol. The van der Waals surface area contributed by atoms with Gasteiger partial charge in [-0.3, -0.25) is 4.79 Å². The molecule has 1 aliphatic rings. The van der Waals surface area contributed by atoms with E-state index in [1.165, 1.54) is 6.07 Å². The summed E-state index contributed by atoms with van der Waals surface area (Å²) in [6, 6.07) is 11.5. The highest BCUT2D eigenvalue weighted by molar-refractivity contribution is 6.31. The van der Waals surface area contributed by atoms with Gasteiger partial charge in [0.15, 0.2) is 0 Å². The van der Waals surface area contributed by atoms with Crippen LogP contribution in [-0.4, -0.2) is 28.9 Å². The third-order valence-electron chi connectivity index (χ3n) is 5.78. The normalized spacial score (nSPS) is 16.1. The minimum Gasteiger partial charge on any atom is -0.361 e. The van der Waals surface area contributed by atoms with Crippen LogP contribution in [0.25, 0.3) is 10.9 Å². The Labute approximate surface area is 177 Å². The lowest BCUT2D eigenvalue weighted by Crippen LogP contribution is -2.36. The number of carbonyl (C=O) groups is 1. The molecule has 3 aromatic rings. The van der Waals surface area contributed by atoms with Crippen LogP contribution in [-0.2, 0) is 11.0 Å². The fraction of sp³-hybridized carbons (Fsp3) is 0.348. The molecule has 30 heavy (non-hydrogen) atoms. The van der Waals surface area contributed by atoms with Crippen LogP contribution in [0.2, 0.25) is 5.02 Å². The van der Waals surface area contributed by atoms with Crippen LogP contribution < -0.4 is 0 Å². The highest BCUT2D eigenvalue weighted by atomic mass is 35.5. The van der Waals surface area contributed by atoms with Gasteiger partial charge in [0.2, 0.25) is 5.91 Å². The average Bonchev–Trinajstić information content (AvgIpc) is 3.16. The van der Waals surface area contributed by atoms with Gasteiger partial charge >= 0.3 is 6.18 Å². The van der Waals surface area contributed by atoms with Gasteiger partial charge in [0.05, 0.1) is 10.6 Å². The van der Waals surface area contributed by atoms with Crippen LogP contribution in [0, 0.1) is 0 Å². The van der Waals surface area contributed by atoms with Crippen LogP contribution in [0.1, 0.15) is 48.3 Å². The molecule has 1 amide bonds. The second-order valence-electron chi connectivity index (χ2n) is 7.72. The third kappa shape index (κ3) is 4.19. The Morgan fingerprint density at radius 3 is 2.57 bits per heavy atom. The molecule has 0 radical (unpaired) electrons. The Kier molecular flexibility index (Phi) is 5.78.